The quantitative estimate of drug-likeness (QED) is 0.0878. The number of allylic oxidation sites excluding steroid dienone is 2. The molecular formula is C50H51N7O6S2. The first-order valence-corrected chi connectivity index (χ1v) is 23.7. The maximum absolute atomic E-state index is 14.0. The maximum atomic E-state index is 14.0. The lowest BCUT2D eigenvalue weighted by atomic mass is 9.86. The number of methoxy groups -OCH3 is 2. The molecule has 0 bridgehead atoms. The molecule has 0 saturated carbocycles. The Morgan fingerprint density at radius 1 is 0.800 bits per heavy atom. The molecule has 334 valence electrons. The molecule has 13 nitrogen and oxygen atoms in total. The van der Waals surface area contributed by atoms with E-state index in [0.717, 1.165) is 58.5 Å². The van der Waals surface area contributed by atoms with Crippen LogP contribution in [0.25, 0.3) is 53.9 Å². The number of fused-ring (bicyclic) bond motifs is 2. The molecule has 1 aliphatic carbocycles. The standard InChI is InChI=1S/C50H51N7O6S2/c1-28(2)41(55-49(60)62-3)43(58)32-12-8-13-33(20-19-32)46-52-37-22-21-34(24-38(37)53-46)36-27-65-44-35(26-64-45(36)44)29-15-17-30(18-16-29)39-25-51-47(54-39)40-14-9-23-57(40)48(59)42(56-50(61)63-4)31-10-6-5-7-11-31/h5-8,10-11,13,15-18,21-22,24-28,32-33,40-42H,9,12,14,19-20,23H2,1-4H3,(H,51,54)(H,52,53)(H,55,60)(H,56,61)/t32?,33?,40?,41-,42+/m0/s1. The van der Waals surface area contributed by atoms with E-state index in [9.17, 15) is 19.2 Å². The molecule has 4 aromatic heterocycles. The molecule has 15 heteroatoms. The fourth-order valence-electron chi connectivity index (χ4n) is 9.16. The molecule has 3 unspecified atom stereocenters. The highest BCUT2D eigenvalue weighted by Crippen LogP contribution is 2.45. The fraction of sp³-hybridized carbons (Fsp3) is 0.320. The van der Waals surface area contributed by atoms with Gasteiger partial charge in [0, 0.05) is 40.3 Å². The zero-order valence-corrected chi connectivity index (χ0v) is 38.3. The number of imidazole rings is 2. The topological polar surface area (TPSA) is 171 Å². The molecule has 0 radical (unpaired) electrons. The van der Waals surface area contributed by atoms with Crippen LogP contribution in [0.2, 0.25) is 0 Å². The lowest BCUT2D eigenvalue weighted by Gasteiger charge is -2.28. The summed E-state index contributed by atoms with van der Waals surface area (Å²) in [6, 6.07) is 22.4. The van der Waals surface area contributed by atoms with Crippen molar-refractivity contribution in [3.05, 3.63) is 119 Å². The second kappa shape index (κ2) is 18.9. The Kier molecular flexibility index (Phi) is 12.7. The van der Waals surface area contributed by atoms with Gasteiger partial charge in [-0.2, -0.15) is 0 Å². The molecule has 3 amide bonds. The number of carbonyl (C=O) groups is 4. The Hall–Kier alpha value is -6.58. The SMILES string of the molecule is COC(=O)N[C@H](C(=O)C1CC=CC(c2nc3ccc(-c4csc5c(-c6ccc(-c7cnc(C8CCCN8C(=O)[C@H](NC(=O)OC)c8ccccc8)[nH]7)cc6)csc45)cc3[nH]2)CC1)C(C)C. The summed E-state index contributed by atoms with van der Waals surface area (Å²) < 4.78 is 12.1. The van der Waals surface area contributed by atoms with E-state index in [0.29, 0.717) is 30.8 Å². The Morgan fingerprint density at radius 2 is 1.49 bits per heavy atom. The molecular weight excluding hydrogens is 859 g/mol. The molecule has 3 aromatic carbocycles. The van der Waals surface area contributed by atoms with E-state index in [1.807, 2.05) is 50.4 Å². The van der Waals surface area contributed by atoms with E-state index >= 15 is 0 Å². The first-order valence-electron chi connectivity index (χ1n) is 22.0. The molecule has 5 atom stereocenters. The fourth-order valence-corrected chi connectivity index (χ4v) is 11.6. The monoisotopic (exact) mass is 909 g/mol. The number of alkyl carbamates (subject to hydrolysis) is 2. The van der Waals surface area contributed by atoms with E-state index in [1.165, 1.54) is 34.7 Å². The van der Waals surface area contributed by atoms with Crippen molar-refractivity contribution in [3.8, 4) is 33.5 Å². The lowest BCUT2D eigenvalue weighted by molar-refractivity contribution is -0.134. The summed E-state index contributed by atoms with van der Waals surface area (Å²) in [6.45, 7) is 4.43. The number of aromatic nitrogens is 4. The molecule has 65 heavy (non-hydrogen) atoms. The number of H-pyrrole nitrogens is 2. The van der Waals surface area contributed by atoms with Gasteiger partial charge in [-0.1, -0.05) is 86.7 Å². The zero-order valence-electron chi connectivity index (χ0n) is 36.6. The predicted octanol–water partition coefficient (Wildman–Crippen LogP) is 10.7. The zero-order chi connectivity index (χ0) is 45.2. The van der Waals surface area contributed by atoms with Crippen LogP contribution in [0.1, 0.15) is 81.2 Å². The number of nitrogens with one attached hydrogen (secondary N) is 4. The van der Waals surface area contributed by atoms with E-state index in [2.05, 4.69) is 86.0 Å². The molecule has 0 spiro atoms. The molecule has 2 aliphatic rings. The van der Waals surface area contributed by atoms with Gasteiger partial charge in [-0.25, -0.2) is 19.6 Å². The number of Topliss-reactive ketones (excluding diaryl/α,β-unsaturated/α-hetero) is 1. The highest BCUT2D eigenvalue weighted by Gasteiger charge is 2.37. The number of aromatic amines is 2. The number of ether oxygens (including phenoxy) is 2. The number of hydrogen-bond donors (Lipinski definition) is 4. The summed E-state index contributed by atoms with van der Waals surface area (Å²) in [4.78, 5) is 70.3. The summed E-state index contributed by atoms with van der Waals surface area (Å²) in [7, 11) is 2.60. The number of nitrogens with zero attached hydrogens (tertiary/aromatic N) is 3. The van der Waals surface area contributed by atoms with Gasteiger partial charge in [-0.3, -0.25) is 9.59 Å². The minimum absolute atomic E-state index is 0.0409. The van der Waals surface area contributed by atoms with Crippen LogP contribution in [0.4, 0.5) is 9.59 Å². The average molecular weight is 910 g/mol. The number of thiophene rings is 2. The van der Waals surface area contributed by atoms with Crippen LogP contribution in [0.5, 0.6) is 0 Å². The van der Waals surface area contributed by atoms with Crippen molar-refractivity contribution >= 4 is 67.0 Å². The van der Waals surface area contributed by atoms with Gasteiger partial charge in [0.15, 0.2) is 5.78 Å². The van der Waals surface area contributed by atoms with Crippen molar-refractivity contribution in [3.63, 3.8) is 0 Å². The smallest absolute Gasteiger partial charge is 0.407 e. The molecule has 5 heterocycles. The summed E-state index contributed by atoms with van der Waals surface area (Å²) in [5.74, 6) is 1.24. The van der Waals surface area contributed by atoms with Crippen LogP contribution >= 0.6 is 22.7 Å². The Balaban J connectivity index is 0.876. The van der Waals surface area contributed by atoms with Crippen LogP contribution in [0, 0.1) is 11.8 Å². The molecule has 7 aromatic rings. The van der Waals surface area contributed by atoms with Gasteiger partial charge in [0.05, 0.1) is 58.6 Å². The number of amides is 3. The highest BCUT2D eigenvalue weighted by molar-refractivity contribution is 7.27. The third kappa shape index (κ3) is 8.94. The summed E-state index contributed by atoms with van der Waals surface area (Å²) in [6.07, 6.45) is 8.48. The van der Waals surface area contributed by atoms with Gasteiger partial charge in [-0.05, 0) is 72.4 Å². The molecule has 1 aliphatic heterocycles. The third-order valence-electron chi connectivity index (χ3n) is 12.7. The minimum atomic E-state index is -0.878. The summed E-state index contributed by atoms with van der Waals surface area (Å²) >= 11 is 3.50. The largest absolute Gasteiger partial charge is 0.453 e. The third-order valence-corrected chi connectivity index (χ3v) is 14.8. The Bertz CT molecular complexity index is 2880. The van der Waals surface area contributed by atoms with Gasteiger partial charge in [0.2, 0.25) is 0 Å². The van der Waals surface area contributed by atoms with E-state index < -0.39 is 24.3 Å². The van der Waals surface area contributed by atoms with Gasteiger partial charge >= 0.3 is 12.2 Å². The molecule has 4 N–H and O–H groups in total. The van der Waals surface area contributed by atoms with Crippen molar-refractivity contribution in [2.45, 2.75) is 70.0 Å². The number of carbonyl (C=O) groups excluding carboxylic acids is 4. The summed E-state index contributed by atoms with van der Waals surface area (Å²) in [5.41, 5.74) is 9.03. The van der Waals surface area contributed by atoms with Crippen LogP contribution < -0.4 is 10.6 Å². The van der Waals surface area contributed by atoms with Crippen molar-refractivity contribution in [1.29, 1.82) is 0 Å². The maximum Gasteiger partial charge on any atom is 0.407 e. The first kappa shape index (κ1) is 43.7. The van der Waals surface area contributed by atoms with Gasteiger partial charge in [0.1, 0.15) is 17.7 Å². The summed E-state index contributed by atoms with van der Waals surface area (Å²) in [5, 5.41) is 9.93. The highest BCUT2D eigenvalue weighted by atomic mass is 32.1. The second-order valence-electron chi connectivity index (χ2n) is 17.0. The first-order chi connectivity index (χ1) is 31.6. The van der Waals surface area contributed by atoms with Gasteiger partial charge < -0.3 is 35.0 Å². The average Bonchev–Trinajstić information content (AvgIpc) is 4.18. The predicted molar refractivity (Wildman–Crippen MR) is 255 cm³/mol. The van der Waals surface area contributed by atoms with Gasteiger partial charge in [0.25, 0.3) is 5.91 Å². The normalized spacial score (nSPS) is 18.4. The van der Waals surface area contributed by atoms with Crippen LogP contribution in [0.15, 0.2) is 102 Å². The Morgan fingerprint density at radius 3 is 2.22 bits per heavy atom. The number of hydrogen-bond acceptors (Lipinski definition) is 10. The molecule has 9 rings (SSSR count). The number of rotatable bonds is 12. The number of benzene rings is 3. The van der Waals surface area contributed by atoms with E-state index in [4.69, 9.17) is 19.4 Å². The van der Waals surface area contributed by atoms with Crippen LogP contribution in [-0.2, 0) is 19.1 Å². The molecule has 1 fully saturated rings. The number of ketones is 1. The van der Waals surface area contributed by atoms with Crippen LogP contribution in [-0.4, -0.2) is 75.5 Å². The minimum Gasteiger partial charge on any atom is -0.453 e. The number of likely N-dealkylation sites (tertiary alicyclic amines) is 1. The van der Waals surface area contributed by atoms with E-state index in [1.54, 1.807) is 27.6 Å². The lowest BCUT2D eigenvalue weighted by Crippen LogP contribution is -2.46. The van der Waals surface area contributed by atoms with Gasteiger partial charge in [-0.15, -0.1) is 22.7 Å². The van der Waals surface area contributed by atoms with Crippen LogP contribution in [0.3, 0.4) is 0 Å². The van der Waals surface area contributed by atoms with Crippen molar-refractivity contribution in [2.24, 2.45) is 11.8 Å². The van der Waals surface area contributed by atoms with Crippen molar-refractivity contribution in [2.75, 3.05) is 20.8 Å². The molecule has 1 saturated heterocycles. The van der Waals surface area contributed by atoms with E-state index in [-0.39, 0.29) is 35.5 Å². The second-order valence-corrected chi connectivity index (χ2v) is 18.8. The Labute approximate surface area is 384 Å². The van der Waals surface area contributed by atoms with Crippen molar-refractivity contribution < 1.29 is 28.7 Å². The van der Waals surface area contributed by atoms with Crippen molar-refractivity contribution in [1.82, 2.24) is 35.5 Å².